The number of esters is 1. The number of hydrogen-bond donors (Lipinski definition) is 0. The normalized spacial score (nSPS) is 16.8. The highest BCUT2D eigenvalue weighted by atomic mass is 16.5. The number of hydrogen-bond acceptors (Lipinski definition) is 4. The van der Waals surface area contributed by atoms with Crippen molar-refractivity contribution in [3.05, 3.63) is 71.8 Å². The van der Waals surface area contributed by atoms with Crippen LogP contribution in [0, 0.1) is 5.92 Å². The van der Waals surface area contributed by atoms with Gasteiger partial charge in [-0.3, -0.25) is 19.3 Å². The van der Waals surface area contributed by atoms with Gasteiger partial charge in [0.25, 0.3) is 0 Å². The van der Waals surface area contributed by atoms with E-state index in [1.165, 1.54) is 10.5 Å². The Morgan fingerprint density at radius 2 is 1.55 bits per heavy atom. The van der Waals surface area contributed by atoms with Crippen LogP contribution in [-0.4, -0.2) is 35.3 Å². The average Bonchev–Trinajstić information content (AvgIpc) is 2.72. The highest BCUT2D eigenvalue weighted by molar-refractivity contribution is 6.01. The van der Waals surface area contributed by atoms with Gasteiger partial charge < -0.3 is 4.74 Å². The molecule has 1 heterocycles. The van der Waals surface area contributed by atoms with Crippen LogP contribution in [0.3, 0.4) is 0 Å². The summed E-state index contributed by atoms with van der Waals surface area (Å²) in [5, 5.41) is 0. The van der Waals surface area contributed by atoms with Crippen LogP contribution in [0.2, 0.25) is 0 Å². The zero-order valence-corrected chi connectivity index (χ0v) is 16.8. The number of imide groups is 1. The first-order valence-electron chi connectivity index (χ1n) is 10.2. The van der Waals surface area contributed by atoms with Gasteiger partial charge in [-0.1, -0.05) is 60.7 Å². The van der Waals surface area contributed by atoms with Crippen molar-refractivity contribution in [2.24, 2.45) is 5.92 Å². The number of likely N-dealkylation sites (tertiary alicyclic amines) is 1. The zero-order chi connectivity index (χ0) is 20.6. The molecule has 1 aliphatic rings. The molecule has 0 spiro atoms. The fraction of sp³-hybridized carbons (Fsp3) is 0.375. The van der Waals surface area contributed by atoms with E-state index in [0.29, 0.717) is 32.2 Å². The van der Waals surface area contributed by atoms with Crippen molar-refractivity contribution in [3.63, 3.8) is 0 Å². The van der Waals surface area contributed by atoms with E-state index in [2.05, 4.69) is 0 Å². The van der Waals surface area contributed by atoms with Crippen molar-refractivity contribution in [1.82, 2.24) is 4.90 Å². The summed E-state index contributed by atoms with van der Waals surface area (Å²) in [6.07, 6.45) is 2.25. The van der Waals surface area contributed by atoms with Crippen molar-refractivity contribution < 1.29 is 19.1 Å². The lowest BCUT2D eigenvalue weighted by Gasteiger charge is -2.39. The van der Waals surface area contributed by atoms with E-state index >= 15 is 0 Å². The summed E-state index contributed by atoms with van der Waals surface area (Å²) < 4.78 is 5.42. The molecule has 0 aliphatic carbocycles. The van der Waals surface area contributed by atoms with Crippen LogP contribution >= 0.6 is 0 Å². The van der Waals surface area contributed by atoms with Gasteiger partial charge in [0.05, 0.1) is 5.92 Å². The second-order valence-electron chi connectivity index (χ2n) is 7.47. The van der Waals surface area contributed by atoms with Crippen LogP contribution in [0.1, 0.15) is 37.3 Å². The predicted octanol–water partition coefficient (Wildman–Crippen LogP) is 3.56. The van der Waals surface area contributed by atoms with E-state index in [1.54, 1.807) is 6.92 Å². The summed E-state index contributed by atoms with van der Waals surface area (Å²) in [7, 11) is 0. The minimum absolute atomic E-state index is 0.170. The molecule has 152 valence electrons. The van der Waals surface area contributed by atoms with Crippen LogP contribution in [-0.2, 0) is 32.0 Å². The molecule has 1 saturated heterocycles. The Morgan fingerprint density at radius 3 is 2.14 bits per heavy atom. The number of rotatable bonds is 9. The van der Waals surface area contributed by atoms with Crippen molar-refractivity contribution in [2.75, 3.05) is 6.54 Å². The molecule has 2 aromatic rings. The lowest BCUT2D eigenvalue weighted by molar-refractivity contribution is -0.169. The van der Waals surface area contributed by atoms with Gasteiger partial charge in [-0.2, -0.15) is 0 Å². The zero-order valence-electron chi connectivity index (χ0n) is 16.8. The van der Waals surface area contributed by atoms with Crippen molar-refractivity contribution in [2.45, 2.75) is 45.1 Å². The molecule has 2 atom stereocenters. The van der Waals surface area contributed by atoms with Gasteiger partial charge in [0, 0.05) is 19.4 Å². The first-order chi connectivity index (χ1) is 14.0. The third-order valence-corrected chi connectivity index (χ3v) is 5.31. The minimum Gasteiger partial charge on any atom is -0.462 e. The lowest BCUT2D eigenvalue weighted by Crippen LogP contribution is -2.59. The fourth-order valence-electron chi connectivity index (χ4n) is 3.49. The number of carbonyl (C=O) groups excluding carboxylic acids is 3. The highest BCUT2D eigenvalue weighted by Crippen LogP contribution is 2.25. The average molecular weight is 393 g/mol. The molecule has 0 N–H and O–H groups in total. The van der Waals surface area contributed by atoms with Crippen molar-refractivity contribution >= 4 is 17.8 Å². The minimum atomic E-state index is -0.509. The van der Waals surface area contributed by atoms with Crippen LogP contribution < -0.4 is 0 Å². The van der Waals surface area contributed by atoms with Gasteiger partial charge in [0.1, 0.15) is 6.10 Å². The van der Waals surface area contributed by atoms with Gasteiger partial charge in [-0.05, 0) is 37.3 Å². The SMILES string of the molecule is C[C@@H](OC(=O)CCCc1ccccc1)[C@@H]1CN(C(=O)CCc2ccccc2)C1=O. The van der Waals surface area contributed by atoms with E-state index in [-0.39, 0.29) is 17.8 Å². The lowest BCUT2D eigenvalue weighted by atomic mass is 9.92. The Kier molecular flexibility index (Phi) is 7.17. The third-order valence-electron chi connectivity index (χ3n) is 5.31. The number of β-lactam (4-membered cyclic amide) rings is 1. The third kappa shape index (κ3) is 5.76. The molecule has 0 saturated carbocycles. The standard InChI is InChI=1S/C24H27NO4/c1-18(29-23(27)14-8-13-19-9-4-2-5-10-19)21-17-25(24(21)28)22(26)16-15-20-11-6-3-7-12-20/h2-7,9-12,18,21H,8,13-17H2,1H3/t18-,21+/m1/s1. The highest BCUT2D eigenvalue weighted by Gasteiger charge is 2.44. The molecule has 0 unspecified atom stereocenters. The number of nitrogens with zero attached hydrogens (tertiary/aromatic N) is 1. The van der Waals surface area contributed by atoms with Gasteiger partial charge in [-0.15, -0.1) is 0 Å². The van der Waals surface area contributed by atoms with E-state index in [1.807, 2.05) is 60.7 Å². The Balaban J connectivity index is 1.36. The number of aryl methyl sites for hydroxylation is 2. The first kappa shape index (κ1) is 20.8. The van der Waals surface area contributed by atoms with Crippen molar-refractivity contribution in [3.8, 4) is 0 Å². The molecule has 0 aromatic heterocycles. The smallest absolute Gasteiger partial charge is 0.306 e. The molecule has 5 heteroatoms. The monoisotopic (exact) mass is 393 g/mol. The second-order valence-corrected chi connectivity index (χ2v) is 7.47. The first-order valence-corrected chi connectivity index (χ1v) is 10.2. The summed E-state index contributed by atoms with van der Waals surface area (Å²) in [4.78, 5) is 37.9. The number of amides is 2. The van der Waals surface area contributed by atoms with E-state index in [9.17, 15) is 14.4 Å². The van der Waals surface area contributed by atoms with Crippen LogP contribution in [0.15, 0.2) is 60.7 Å². The topological polar surface area (TPSA) is 63.7 Å². The predicted molar refractivity (Wildman–Crippen MR) is 110 cm³/mol. The van der Waals surface area contributed by atoms with E-state index < -0.39 is 12.0 Å². The largest absolute Gasteiger partial charge is 0.462 e. The molecule has 0 bridgehead atoms. The molecule has 1 aliphatic heterocycles. The Bertz CT molecular complexity index is 834. The Morgan fingerprint density at radius 1 is 0.966 bits per heavy atom. The second kappa shape index (κ2) is 10.0. The maximum atomic E-state index is 12.4. The van der Waals surface area contributed by atoms with E-state index in [0.717, 1.165) is 12.0 Å². The molecule has 2 aromatic carbocycles. The molecular formula is C24H27NO4. The van der Waals surface area contributed by atoms with Crippen LogP contribution in [0.5, 0.6) is 0 Å². The van der Waals surface area contributed by atoms with Gasteiger partial charge in [0.15, 0.2) is 0 Å². The van der Waals surface area contributed by atoms with Crippen LogP contribution in [0.25, 0.3) is 0 Å². The number of ether oxygens (including phenoxy) is 1. The quantitative estimate of drug-likeness (QED) is 0.483. The Labute approximate surface area is 171 Å². The molecule has 1 fully saturated rings. The van der Waals surface area contributed by atoms with Crippen LogP contribution in [0.4, 0.5) is 0 Å². The molecule has 29 heavy (non-hydrogen) atoms. The molecular weight excluding hydrogens is 366 g/mol. The summed E-state index contributed by atoms with van der Waals surface area (Å²) in [6, 6.07) is 19.7. The summed E-state index contributed by atoms with van der Waals surface area (Å²) in [6.45, 7) is 2.05. The fourth-order valence-corrected chi connectivity index (χ4v) is 3.49. The van der Waals surface area contributed by atoms with Crippen molar-refractivity contribution in [1.29, 1.82) is 0 Å². The number of benzene rings is 2. The summed E-state index contributed by atoms with van der Waals surface area (Å²) in [5.74, 6) is -1.13. The number of carbonyl (C=O) groups is 3. The maximum absolute atomic E-state index is 12.4. The van der Waals surface area contributed by atoms with E-state index in [4.69, 9.17) is 4.74 Å². The Hall–Kier alpha value is -2.95. The maximum Gasteiger partial charge on any atom is 0.306 e. The van der Waals surface area contributed by atoms with Gasteiger partial charge in [0.2, 0.25) is 11.8 Å². The molecule has 5 nitrogen and oxygen atoms in total. The molecule has 2 amide bonds. The molecule has 0 radical (unpaired) electrons. The van der Waals surface area contributed by atoms with Gasteiger partial charge >= 0.3 is 5.97 Å². The summed E-state index contributed by atoms with van der Waals surface area (Å²) >= 11 is 0. The molecule has 3 rings (SSSR count). The van der Waals surface area contributed by atoms with Gasteiger partial charge in [-0.25, -0.2) is 0 Å². The summed E-state index contributed by atoms with van der Waals surface area (Å²) in [5.41, 5.74) is 2.26.